The summed E-state index contributed by atoms with van der Waals surface area (Å²) in [5.41, 5.74) is 6.87. The molecule has 1 atom stereocenters. The number of hydrogen-bond donors (Lipinski definition) is 2. The fourth-order valence-electron chi connectivity index (χ4n) is 2.69. The van der Waals surface area contributed by atoms with Crippen molar-refractivity contribution >= 4 is 23.6 Å². The highest BCUT2D eigenvalue weighted by molar-refractivity contribution is 8.00. The second-order valence-corrected chi connectivity index (χ2v) is 7.68. The van der Waals surface area contributed by atoms with Crippen molar-refractivity contribution in [1.82, 2.24) is 10.2 Å². The minimum atomic E-state index is -0.402. The van der Waals surface area contributed by atoms with Gasteiger partial charge in [0, 0.05) is 36.2 Å². The average Bonchev–Trinajstić information content (AvgIpc) is 2.59. The Morgan fingerprint density at radius 2 is 2.29 bits per heavy atom. The van der Waals surface area contributed by atoms with Gasteiger partial charge in [-0.2, -0.15) is 11.8 Å². The SMILES string of the molecule is CCNC(=NCc1cccc(C(N)=O)c1)N1CCSC(C(C)C)C1. The maximum Gasteiger partial charge on any atom is 0.248 e. The van der Waals surface area contributed by atoms with Crippen LogP contribution in [0.4, 0.5) is 0 Å². The van der Waals surface area contributed by atoms with Crippen molar-refractivity contribution in [1.29, 1.82) is 0 Å². The summed E-state index contributed by atoms with van der Waals surface area (Å²) in [7, 11) is 0. The first kappa shape index (κ1) is 18.6. The summed E-state index contributed by atoms with van der Waals surface area (Å²) in [4.78, 5) is 18.4. The number of carbonyl (C=O) groups is 1. The van der Waals surface area contributed by atoms with Crippen LogP contribution in [0.5, 0.6) is 0 Å². The number of hydrogen-bond acceptors (Lipinski definition) is 3. The lowest BCUT2D eigenvalue weighted by Gasteiger charge is -2.36. The first-order valence-electron chi connectivity index (χ1n) is 8.54. The number of carbonyl (C=O) groups excluding carboxylic acids is 1. The van der Waals surface area contributed by atoms with E-state index in [1.54, 1.807) is 6.07 Å². The molecule has 24 heavy (non-hydrogen) atoms. The van der Waals surface area contributed by atoms with E-state index in [1.165, 1.54) is 0 Å². The molecule has 1 fully saturated rings. The predicted octanol–water partition coefficient (Wildman–Crippen LogP) is 2.32. The summed E-state index contributed by atoms with van der Waals surface area (Å²) in [6.45, 7) is 10.1. The summed E-state index contributed by atoms with van der Waals surface area (Å²) in [5.74, 6) is 2.34. The van der Waals surface area contributed by atoms with E-state index in [-0.39, 0.29) is 0 Å². The molecular weight excluding hydrogens is 320 g/mol. The van der Waals surface area contributed by atoms with Crippen LogP contribution >= 0.6 is 11.8 Å². The zero-order valence-electron chi connectivity index (χ0n) is 14.8. The first-order chi connectivity index (χ1) is 11.5. The second-order valence-electron chi connectivity index (χ2n) is 6.33. The number of rotatable bonds is 5. The fraction of sp³-hybridized carbons (Fsp3) is 0.556. The monoisotopic (exact) mass is 348 g/mol. The van der Waals surface area contributed by atoms with Crippen LogP contribution in [-0.4, -0.2) is 47.4 Å². The van der Waals surface area contributed by atoms with E-state index in [1.807, 2.05) is 18.2 Å². The van der Waals surface area contributed by atoms with E-state index < -0.39 is 5.91 Å². The Hall–Kier alpha value is -1.69. The number of guanidine groups is 1. The zero-order valence-corrected chi connectivity index (χ0v) is 15.6. The molecule has 2 rings (SSSR count). The third-order valence-electron chi connectivity index (χ3n) is 4.09. The number of nitrogens with two attached hydrogens (primary N) is 1. The normalized spacial score (nSPS) is 18.8. The lowest BCUT2D eigenvalue weighted by molar-refractivity contribution is 0.1000. The largest absolute Gasteiger partial charge is 0.366 e. The number of aliphatic imine (C=N–C) groups is 1. The zero-order chi connectivity index (χ0) is 17.5. The third-order valence-corrected chi connectivity index (χ3v) is 5.63. The van der Waals surface area contributed by atoms with Gasteiger partial charge in [0.05, 0.1) is 6.54 Å². The third kappa shape index (κ3) is 5.16. The molecule has 1 aromatic rings. The Balaban J connectivity index is 2.10. The Kier molecular flexibility index (Phi) is 6.97. The van der Waals surface area contributed by atoms with E-state index in [4.69, 9.17) is 10.7 Å². The highest BCUT2D eigenvalue weighted by atomic mass is 32.2. The van der Waals surface area contributed by atoms with Crippen molar-refractivity contribution in [2.24, 2.45) is 16.6 Å². The number of amides is 1. The minimum absolute atomic E-state index is 0.402. The van der Waals surface area contributed by atoms with Crippen LogP contribution in [0.25, 0.3) is 0 Å². The van der Waals surface area contributed by atoms with Crippen molar-refractivity contribution in [2.45, 2.75) is 32.6 Å². The molecule has 5 nitrogen and oxygen atoms in total. The smallest absolute Gasteiger partial charge is 0.248 e. The van der Waals surface area contributed by atoms with Crippen molar-refractivity contribution in [3.8, 4) is 0 Å². The molecule has 1 heterocycles. The van der Waals surface area contributed by atoms with Crippen LogP contribution in [0.2, 0.25) is 0 Å². The number of nitrogens with one attached hydrogen (secondary N) is 1. The molecule has 3 N–H and O–H groups in total. The standard InChI is InChI=1S/C18H28N4OS/c1-4-20-18(22-8-9-24-16(12-22)13(2)3)21-11-14-6-5-7-15(10-14)17(19)23/h5-7,10,13,16H,4,8-9,11-12H2,1-3H3,(H2,19,23)(H,20,21). The topological polar surface area (TPSA) is 70.7 Å². The van der Waals surface area contributed by atoms with E-state index in [0.29, 0.717) is 23.3 Å². The van der Waals surface area contributed by atoms with Gasteiger partial charge in [0.2, 0.25) is 5.91 Å². The van der Waals surface area contributed by atoms with E-state index >= 15 is 0 Å². The Morgan fingerprint density at radius 3 is 2.96 bits per heavy atom. The summed E-state index contributed by atoms with van der Waals surface area (Å²) in [6.07, 6.45) is 0. The summed E-state index contributed by atoms with van der Waals surface area (Å²) < 4.78 is 0. The lowest BCUT2D eigenvalue weighted by Crippen LogP contribution is -2.49. The maximum absolute atomic E-state index is 11.3. The Morgan fingerprint density at radius 1 is 1.50 bits per heavy atom. The average molecular weight is 349 g/mol. The van der Waals surface area contributed by atoms with Crippen molar-refractivity contribution in [2.75, 3.05) is 25.4 Å². The number of thioether (sulfide) groups is 1. The summed E-state index contributed by atoms with van der Waals surface area (Å²) in [5, 5.41) is 4.03. The quantitative estimate of drug-likeness (QED) is 0.633. The van der Waals surface area contributed by atoms with Gasteiger partial charge in [0.1, 0.15) is 0 Å². The van der Waals surface area contributed by atoms with Gasteiger partial charge >= 0.3 is 0 Å². The molecule has 1 aromatic carbocycles. The second kappa shape index (κ2) is 8.97. The Labute approximate surface area is 149 Å². The lowest BCUT2D eigenvalue weighted by atomic mass is 10.1. The molecular formula is C18H28N4OS. The predicted molar refractivity (Wildman–Crippen MR) is 102 cm³/mol. The summed E-state index contributed by atoms with van der Waals surface area (Å²) in [6, 6.07) is 7.38. The molecule has 1 saturated heterocycles. The van der Waals surface area contributed by atoms with Crippen molar-refractivity contribution in [3.05, 3.63) is 35.4 Å². The van der Waals surface area contributed by atoms with Gasteiger partial charge in [-0.1, -0.05) is 26.0 Å². The molecule has 1 aliphatic heterocycles. The van der Waals surface area contributed by atoms with Gasteiger partial charge in [0.15, 0.2) is 5.96 Å². The molecule has 1 amide bonds. The van der Waals surface area contributed by atoms with Crippen LogP contribution < -0.4 is 11.1 Å². The first-order valence-corrected chi connectivity index (χ1v) is 9.59. The van der Waals surface area contributed by atoms with E-state index in [9.17, 15) is 4.79 Å². The van der Waals surface area contributed by atoms with Crippen LogP contribution in [0.3, 0.4) is 0 Å². The molecule has 0 aromatic heterocycles. The fourth-order valence-corrected chi connectivity index (χ4v) is 3.98. The van der Waals surface area contributed by atoms with Gasteiger partial charge in [-0.3, -0.25) is 4.79 Å². The Bertz CT molecular complexity index is 588. The van der Waals surface area contributed by atoms with Gasteiger partial charge in [-0.25, -0.2) is 4.99 Å². The molecule has 132 valence electrons. The van der Waals surface area contributed by atoms with Crippen molar-refractivity contribution < 1.29 is 4.79 Å². The van der Waals surface area contributed by atoms with Gasteiger partial charge < -0.3 is 16.0 Å². The van der Waals surface area contributed by atoms with Crippen LogP contribution in [0.15, 0.2) is 29.3 Å². The van der Waals surface area contributed by atoms with E-state index in [0.717, 1.165) is 36.9 Å². The van der Waals surface area contributed by atoms with Crippen LogP contribution in [0.1, 0.15) is 36.7 Å². The maximum atomic E-state index is 11.3. The molecule has 0 spiro atoms. The molecule has 6 heteroatoms. The molecule has 0 saturated carbocycles. The highest BCUT2D eigenvalue weighted by Gasteiger charge is 2.24. The molecule has 0 aliphatic carbocycles. The van der Waals surface area contributed by atoms with Crippen molar-refractivity contribution in [3.63, 3.8) is 0 Å². The molecule has 0 bridgehead atoms. The molecule has 1 aliphatic rings. The molecule has 0 radical (unpaired) electrons. The molecule has 1 unspecified atom stereocenters. The van der Waals surface area contributed by atoms with Crippen LogP contribution in [0, 0.1) is 5.92 Å². The number of primary amides is 1. The minimum Gasteiger partial charge on any atom is -0.366 e. The summed E-state index contributed by atoms with van der Waals surface area (Å²) >= 11 is 2.05. The van der Waals surface area contributed by atoms with Gasteiger partial charge in [0.25, 0.3) is 0 Å². The highest BCUT2D eigenvalue weighted by Crippen LogP contribution is 2.25. The van der Waals surface area contributed by atoms with Crippen LogP contribution in [-0.2, 0) is 6.54 Å². The number of nitrogens with zero attached hydrogens (tertiary/aromatic N) is 2. The number of benzene rings is 1. The van der Waals surface area contributed by atoms with Gasteiger partial charge in [-0.15, -0.1) is 0 Å². The van der Waals surface area contributed by atoms with E-state index in [2.05, 4.69) is 42.7 Å². The van der Waals surface area contributed by atoms with Gasteiger partial charge in [-0.05, 0) is 30.5 Å².